The summed E-state index contributed by atoms with van der Waals surface area (Å²) in [5.41, 5.74) is 9.65. The minimum absolute atomic E-state index is 0.918. The molecule has 0 atom stereocenters. The topological polar surface area (TPSA) is 24.4 Å². The summed E-state index contributed by atoms with van der Waals surface area (Å²) < 4.78 is 0. The highest BCUT2D eigenvalue weighted by Crippen LogP contribution is 2.24. The Balaban J connectivity index is 1.82. The predicted octanol–water partition coefficient (Wildman–Crippen LogP) is 5.12. The van der Waals surface area contributed by atoms with Crippen LogP contribution in [0.4, 0.5) is 0 Å². The van der Waals surface area contributed by atoms with Crippen LogP contribution in [-0.4, -0.2) is 5.71 Å². The van der Waals surface area contributed by atoms with Gasteiger partial charge in [-0.2, -0.15) is 5.10 Å². The molecule has 0 bridgehead atoms. The van der Waals surface area contributed by atoms with Crippen molar-refractivity contribution in [3.05, 3.63) is 120 Å². The molecule has 25 heavy (non-hydrogen) atoms. The SMILES string of the molecule is C1=C(c2ccccc2)C=C(c2ccccc2)NN=C1c1ccccc1. The Morgan fingerprint density at radius 2 is 1.04 bits per heavy atom. The Morgan fingerprint density at radius 1 is 0.520 bits per heavy atom. The summed E-state index contributed by atoms with van der Waals surface area (Å²) in [6, 6.07) is 30.9. The van der Waals surface area contributed by atoms with Gasteiger partial charge in [-0.1, -0.05) is 91.0 Å². The number of nitrogens with one attached hydrogen (secondary N) is 1. The summed E-state index contributed by atoms with van der Waals surface area (Å²) in [7, 11) is 0. The van der Waals surface area contributed by atoms with E-state index in [0.29, 0.717) is 0 Å². The van der Waals surface area contributed by atoms with Crippen LogP contribution in [-0.2, 0) is 0 Å². The molecular weight excluding hydrogens is 304 g/mol. The molecule has 0 unspecified atom stereocenters. The van der Waals surface area contributed by atoms with Crippen molar-refractivity contribution in [2.45, 2.75) is 0 Å². The van der Waals surface area contributed by atoms with Crippen LogP contribution in [0.3, 0.4) is 0 Å². The van der Waals surface area contributed by atoms with Crippen LogP contribution in [0, 0.1) is 0 Å². The third-order valence-corrected chi connectivity index (χ3v) is 4.15. The van der Waals surface area contributed by atoms with E-state index in [9.17, 15) is 0 Å². The molecule has 0 aromatic heterocycles. The van der Waals surface area contributed by atoms with Crippen molar-refractivity contribution >= 4 is 17.0 Å². The molecule has 3 aromatic rings. The van der Waals surface area contributed by atoms with E-state index < -0.39 is 0 Å². The van der Waals surface area contributed by atoms with Crippen LogP contribution in [0.2, 0.25) is 0 Å². The number of allylic oxidation sites excluding steroid dienone is 3. The molecule has 1 N–H and O–H groups in total. The highest BCUT2D eigenvalue weighted by molar-refractivity contribution is 6.14. The fourth-order valence-electron chi connectivity index (χ4n) is 2.85. The van der Waals surface area contributed by atoms with Gasteiger partial charge in [-0.25, -0.2) is 0 Å². The maximum absolute atomic E-state index is 4.65. The molecular formula is C23H18N2. The van der Waals surface area contributed by atoms with Gasteiger partial charge in [0.15, 0.2) is 0 Å². The Morgan fingerprint density at radius 3 is 1.64 bits per heavy atom. The van der Waals surface area contributed by atoms with E-state index in [0.717, 1.165) is 28.1 Å². The van der Waals surface area contributed by atoms with Gasteiger partial charge in [0.05, 0.1) is 11.4 Å². The first-order chi connectivity index (χ1) is 12.4. The molecule has 1 aliphatic heterocycles. The number of hydrazone groups is 1. The van der Waals surface area contributed by atoms with Crippen LogP contribution >= 0.6 is 0 Å². The second kappa shape index (κ2) is 7.02. The fraction of sp³-hybridized carbons (Fsp3) is 0. The largest absolute Gasteiger partial charge is 0.277 e. The number of nitrogens with zero attached hydrogens (tertiary/aromatic N) is 1. The van der Waals surface area contributed by atoms with E-state index in [-0.39, 0.29) is 0 Å². The lowest BCUT2D eigenvalue weighted by atomic mass is 9.99. The van der Waals surface area contributed by atoms with Crippen molar-refractivity contribution in [1.29, 1.82) is 0 Å². The normalized spacial score (nSPS) is 13.8. The predicted molar refractivity (Wildman–Crippen MR) is 105 cm³/mol. The Kier molecular flexibility index (Phi) is 4.25. The third kappa shape index (κ3) is 3.43. The highest BCUT2D eigenvalue weighted by atomic mass is 15.3. The van der Waals surface area contributed by atoms with Crippen molar-refractivity contribution in [2.75, 3.05) is 0 Å². The van der Waals surface area contributed by atoms with Gasteiger partial charge in [-0.05, 0) is 28.9 Å². The van der Waals surface area contributed by atoms with Crippen molar-refractivity contribution in [1.82, 2.24) is 5.43 Å². The average molecular weight is 322 g/mol. The Hall–Kier alpha value is -3.39. The van der Waals surface area contributed by atoms with E-state index >= 15 is 0 Å². The molecule has 2 nitrogen and oxygen atoms in total. The van der Waals surface area contributed by atoms with Crippen molar-refractivity contribution in [3.8, 4) is 0 Å². The molecule has 0 saturated carbocycles. The van der Waals surface area contributed by atoms with Gasteiger partial charge in [-0.3, -0.25) is 5.43 Å². The molecule has 120 valence electrons. The molecule has 0 aliphatic carbocycles. The van der Waals surface area contributed by atoms with Crippen molar-refractivity contribution < 1.29 is 0 Å². The van der Waals surface area contributed by atoms with E-state index in [1.807, 2.05) is 42.5 Å². The molecule has 0 fully saturated rings. The van der Waals surface area contributed by atoms with E-state index in [4.69, 9.17) is 0 Å². The van der Waals surface area contributed by atoms with Crippen LogP contribution in [0.25, 0.3) is 11.3 Å². The second-order valence-electron chi connectivity index (χ2n) is 5.86. The first-order valence-electron chi connectivity index (χ1n) is 8.33. The summed E-state index contributed by atoms with van der Waals surface area (Å²) in [5, 5.41) is 4.65. The molecule has 3 aromatic carbocycles. The van der Waals surface area contributed by atoms with Gasteiger partial charge >= 0.3 is 0 Å². The molecule has 2 heteroatoms. The number of hydrogen-bond acceptors (Lipinski definition) is 2. The second-order valence-corrected chi connectivity index (χ2v) is 5.86. The van der Waals surface area contributed by atoms with E-state index in [2.05, 4.69) is 71.2 Å². The molecule has 1 heterocycles. The van der Waals surface area contributed by atoms with Gasteiger partial charge in [0, 0.05) is 5.56 Å². The minimum Gasteiger partial charge on any atom is -0.277 e. The molecule has 0 saturated heterocycles. The minimum atomic E-state index is 0.918. The molecule has 0 spiro atoms. The number of rotatable bonds is 3. The standard InChI is InChI=1S/C23H18N2/c1-4-10-18(11-5-1)21-16-22(19-12-6-2-7-13-19)24-25-23(17-21)20-14-8-3-9-15-20/h1-17,24H. The zero-order valence-corrected chi connectivity index (χ0v) is 13.8. The lowest BCUT2D eigenvalue weighted by Crippen LogP contribution is -2.07. The molecule has 4 rings (SSSR count). The van der Waals surface area contributed by atoms with Crippen LogP contribution in [0.1, 0.15) is 16.7 Å². The smallest absolute Gasteiger partial charge is 0.0911 e. The molecule has 0 radical (unpaired) electrons. The van der Waals surface area contributed by atoms with Crippen LogP contribution < -0.4 is 5.43 Å². The van der Waals surface area contributed by atoms with Gasteiger partial charge in [-0.15, -0.1) is 0 Å². The quantitative estimate of drug-likeness (QED) is 0.711. The summed E-state index contributed by atoms with van der Waals surface area (Å²) in [6.45, 7) is 0. The van der Waals surface area contributed by atoms with Crippen molar-refractivity contribution in [3.63, 3.8) is 0 Å². The summed E-state index contributed by atoms with van der Waals surface area (Å²) in [6.07, 6.45) is 4.29. The Labute approximate surface area is 147 Å². The zero-order chi connectivity index (χ0) is 16.9. The summed E-state index contributed by atoms with van der Waals surface area (Å²) in [4.78, 5) is 0. The van der Waals surface area contributed by atoms with Gasteiger partial charge in [0.2, 0.25) is 0 Å². The number of benzene rings is 3. The lowest BCUT2D eigenvalue weighted by Gasteiger charge is -2.07. The highest BCUT2D eigenvalue weighted by Gasteiger charge is 2.11. The van der Waals surface area contributed by atoms with Gasteiger partial charge in [0.25, 0.3) is 0 Å². The zero-order valence-electron chi connectivity index (χ0n) is 13.8. The van der Waals surface area contributed by atoms with Crippen LogP contribution in [0.15, 0.2) is 108 Å². The van der Waals surface area contributed by atoms with E-state index in [1.54, 1.807) is 0 Å². The lowest BCUT2D eigenvalue weighted by molar-refractivity contribution is 0.995. The Bertz CT molecular complexity index is 937. The van der Waals surface area contributed by atoms with Crippen LogP contribution in [0.5, 0.6) is 0 Å². The summed E-state index contributed by atoms with van der Waals surface area (Å²) >= 11 is 0. The number of hydrogen-bond donors (Lipinski definition) is 1. The molecule has 0 amide bonds. The monoisotopic (exact) mass is 322 g/mol. The average Bonchev–Trinajstić information content (AvgIpc) is 2.93. The first kappa shape index (κ1) is 15.2. The van der Waals surface area contributed by atoms with Gasteiger partial charge in [0.1, 0.15) is 0 Å². The summed E-state index contributed by atoms with van der Waals surface area (Å²) in [5.74, 6) is 0. The molecule has 1 aliphatic rings. The fourth-order valence-corrected chi connectivity index (χ4v) is 2.85. The van der Waals surface area contributed by atoms with E-state index in [1.165, 1.54) is 5.56 Å². The maximum atomic E-state index is 4.65. The maximum Gasteiger partial charge on any atom is 0.0911 e. The van der Waals surface area contributed by atoms with Gasteiger partial charge < -0.3 is 0 Å². The third-order valence-electron chi connectivity index (χ3n) is 4.15. The van der Waals surface area contributed by atoms with Crippen molar-refractivity contribution in [2.24, 2.45) is 5.10 Å². The first-order valence-corrected chi connectivity index (χ1v) is 8.33.